The number of fused-ring (bicyclic) bond motifs is 1. The third-order valence-electron chi connectivity index (χ3n) is 5.31. The number of hydrogen-bond donors (Lipinski definition) is 1. The minimum absolute atomic E-state index is 0.00279. The van der Waals surface area contributed by atoms with Gasteiger partial charge in [-0.25, -0.2) is 18.4 Å². The number of aromatic nitrogens is 6. The fraction of sp³-hybridized carbons (Fsp3) is 0.286. The standard InChI is InChI=1S/C21H20F2N8O2/c1-29-12-16(10-25-29)27-21-24-8-15-9-26-31(19(15)28-21)11-14-6-13(7-17(22)18(14)23)20(32)30-2-4-33-5-3-30/h6-10,12H,2-5,11H2,1H3,(H,24,27,28). The molecule has 33 heavy (non-hydrogen) atoms. The minimum Gasteiger partial charge on any atom is -0.378 e. The van der Waals surface area contributed by atoms with Crippen LogP contribution in [0.25, 0.3) is 11.0 Å². The summed E-state index contributed by atoms with van der Waals surface area (Å²) in [5, 5.41) is 12.0. The third kappa shape index (κ3) is 4.24. The summed E-state index contributed by atoms with van der Waals surface area (Å²) in [6, 6.07) is 2.29. The summed E-state index contributed by atoms with van der Waals surface area (Å²) in [4.78, 5) is 23.0. The van der Waals surface area contributed by atoms with Crippen LogP contribution in [0.3, 0.4) is 0 Å². The molecule has 0 radical (unpaired) electrons. The van der Waals surface area contributed by atoms with Crippen molar-refractivity contribution in [3.8, 4) is 0 Å². The Kier molecular flexibility index (Phi) is 5.42. The van der Waals surface area contributed by atoms with Crippen LogP contribution in [0.1, 0.15) is 15.9 Å². The van der Waals surface area contributed by atoms with Gasteiger partial charge in [-0.2, -0.15) is 15.2 Å². The number of halogens is 2. The van der Waals surface area contributed by atoms with Crippen molar-refractivity contribution in [2.75, 3.05) is 31.6 Å². The number of ether oxygens (including phenoxy) is 1. The predicted octanol–water partition coefficient (Wildman–Crippen LogP) is 2.10. The van der Waals surface area contributed by atoms with E-state index in [1.807, 2.05) is 0 Å². The fourth-order valence-corrected chi connectivity index (χ4v) is 3.65. The summed E-state index contributed by atoms with van der Waals surface area (Å²) in [7, 11) is 1.79. The van der Waals surface area contributed by atoms with Crippen LogP contribution in [0.4, 0.5) is 20.4 Å². The largest absolute Gasteiger partial charge is 0.378 e. The van der Waals surface area contributed by atoms with Gasteiger partial charge in [-0.3, -0.25) is 9.48 Å². The number of nitrogens with one attached hydrogen (secondary N) is 1. The number of benzene rings is 1. The highest BCUT2D eigenvalue weighted by molar-refractivity contribution is 5.94. The van der Waals surface area contributed by atoms with E-state index in [-0.39, 0.29) is 23.6 Å². The summed E-state index contributed by atoms with van der Waals surface area (Å²) in [5.74, 6) is -2.18. The Balaban J connectivity index is 1.44. The van der Waals surface area contributed by atoms with E-state index in [1.54, 1.807) is 41.4 Å². The number of nitrogens with zero attached hydrogens (tertiary/aromatic N) is 7. The third-order valence-corrected chi connectivity index (χ3v) is 5.31. The lowest BCUT2D eigenvalue weighted by Gasteiger charge is -2.27. The molecule has 1 fully saturated rings. The molecule has 4 heterocycles. The van der Waals surface area contributed by atoms with Crippen LogP contribution in [0.2, 0.25) is 0 Å². The number of aryl methyl sites for hydroxylation is 1. The fourth-order valence-electron chi connectivity index (χ4n) is 3.65. The van der Waals surface area contributed by atoms with E-state index >= 15 is 0 Å². The van der Waals surface area contributed by atoms with Crippen LogP contribution < -0.4 is 5.32 Å². The molecule has 0 atom stereocenters. The molecule has 3 aromatic heterocycles. The molecule has 1 N–H and O–H groups in total. The molecular weight excluding hydrogens is 434 g/mol. The average Bonchev–Trinajstić information content (AvgIpc) is 3.42. The Morgan fingerprint density at radius 3 is 2.73 bits per heavy atom. The Hall–Kier alpha value is -3.93. The van der Waals surface area contributed by atoms with E-state index in [1.165, 1.54) is 10.7 Å². The molecule has 0 spiro atoms. The van der Waals surface area contributed by atoms with E-state index in [9.17, 15) is 13.6 Å². The summed E-state index contributed by atoms with van der Waals surface area (Å²) in [5.41, 5.74) is 1.21. The van der Waals surface area contributed by atoms with Crippen molar-refractivity contribution in [2.24, 2.45) is 7.05 Å². The smallest absolute Gasteiger partial charge is 0.254 e. The van der Waals surface area contributed by atoms with Crippen molar-refractivity contribution >= 4 is 28.6 Å². The first-order valence-corrected chi connectivity index (χ1v) is 10.3. The lowest BCUT2D eigenvalue weighted by atomic mass is 10.1. The molecule has 10 nitrogen and oxygen atoms in total. The second-order valence-corrected chi connectivity index (χ2v) is 7.64. The second kappa shape index (κ2) is 8.54. The summed E-state index contributed by atoms with van der Waals surface area (Å²) >= 11 is 0. The first-order valence-electron chi connectivity index (χ1n) is 10.3. The van der Waals surface area contributed by atoms with Crippen LogP contribution in [0.5, 0.6) is 0 Å². The Morgan fingerprint density at radius 1 is 1.15 bits per heavy atom. The number of morpholine rings is 1. The number of rotatable bonds is 5. The van der Waals surface area contributed by atoms with Crippen molar-refractivity contribution in [1.29, 1.82) is 0 Å². The number of hydrogen-bond acceptors (Lipinski definition) is 7. The Morgan fingerprint density at radius 2 is 1.97 bits per heavy atom. The first kappa shape index (κ1) is 20.9. The van der Waals surface area contributed by atoms with Crippen molar-refractivity contribution in [3.05, 3.63) is 59.7 Å². The lowest BCUT2D eigenvalue weighted by molar-refractivity contribution is 0.0302. The molecule has 5 rings (SSSR count). The van der Waals surface area contributed by atoms with Crippen LogP contribution in [-0.2, 0) is 18.3 Å². The monoisotopic (exact) mass is 454 g/mol. The topological polar surface area (TPSA) is 103 Å². The number of carbonyl (C=O) groups excluding carboxylic acids is 1. The van der Waals surface area contributed by atoms with Gasteiger partial charge in [0, 0.05) is 43.7 Å². The highest BCUT2D eigenvalue weighted by atomic mass is 19.2. The van der Waals surface area contributed by atoms with Crippen molar-refractivity contribution in [1.82, 2.24) is 34.4 Å². The molecule has 0 aliphatic carbocycles. The Labute approximate surface area is 186 Å². The maximum absolute atomic E-state index is 14.6. The molecule has 12 heteroatoms. The van der Waals surface area contributed by atoms with Gasteiger partial charge >= 0.3 is 0 Å². The van der Waals surface area contributed by atoms with Gasteiger partial charge in [0.05, 0.1) is 43.2 Å². The Bertz CT molecular complexity index is 1330. The molecule has 1 aliphatic heterocycles. The van der Waals surface area contributed by atoms with Gasteiger partial charge in [0.1, 0.15) is 0 Å². The minimum atomic E-state index is -1.09. The maximum Gasteiger partial charge on any atom is 0.254 e. The van der Waals surface area contributed by atoms with E-state index < -0.39 is 11.6 Å². The van der Waals surface area contributed by atoms with E-state index in [2.05, 4.69) is 25.5 Å². The van der Waals surface area contributed by atoms with Crippen molar-refractivity contribution < 1.29 is 18.3 Å². The SMILES string of the molecule is Cn1cc(Nc2ncc3cnn(Cc4cc(C(=O)N5CCOCC5)cc(F)c4F)c3n2)cn1. The summed E-state index contributed by atoms with van der Waals surface area (Å²) in [6.07, 6.45) is 6.51. The molecule has 0 unspecified atom stereocenters. The average molecular weight is 454 g/mol. The van der Waals surface area contributed by atoms with Crippen LogP contribution in [0.15, 0.2) is 36.9 Å². The van der Waals surface area contributed by atoms with Crippen LogP contribution in [-0.4, -0.2) is 66.6 Å². The van der Waals surface area contributed by atoms with E-state index in [4.69, 9.17) is 4.74 Å². The summed E-state index contributed by atoms with van der Waals surface area (Å²) < 4.78 is 37.3. The predicted molar refractivity (Wildman–Crippen MR) is 114 cm³/mol. The van der Waals surface area contributed by atoms with Crippen molar-refractivity contribution in [2.45, 2.75) is 6.54 Å². The van der Waals surface area contributed by atoms with Crippen molar-refractivity contribution in [3.63, 3.8) is 0 Å². The molecular formula is C21H20F2N8O2. The van der Waals surface area contributed by atoms with E-state index in [0.717, 1.165) is 6.07 Å². The van der Waals surface area contributed by atoms with Crippen LogP contribution >= 0.6 is 0 Å². The quantitative estimate of drug-likeness (QED) is 0.493. The highest BCUT2D eigenvalue weighted by Gasteiger charge is 2.22. The van der Waals surface area contributed by atoms with Gasteiger partial charge in [-0.1, -0.05) is 0 Å². The molecule has 1 aromatic carbocycles. The van der Waals surface area contributed by atoms with Gasteiger partial charge in [-0.15, -0.1) is 0 Å². The maximum atomic E-state index is 14.6. The van der Waals surface area contributed by atoms with Gasteiger partial charge in [0.15, 0.2) is 17.3 Å². The molecule has 1 aliphatic rings. The van der Waals surface area contributed by atoms with Gasteiger partial charge in [-0.05, 0) is 12.1 Å². The molecule has 4 aromatic rings. The summed E-state index contributed by atoms with van der Waals surface area (Å²) in [6.45, 7) is 1.52. The second-order valence-electron chi connectivity index (χ2n) is 7.64. The normalized spacial score (nSPS) is 14.1. The van der Waals surface area contributed by atoms with Gasteiger partial charge in [0.25, 0.3) is 5.91 Å². The number of amides is 1. The molecule has 1 amide bonds. The zero-order valence-electron chi connectivity index (χ0n) is 17.7. The number of carbonyl (C=O) groups is 1. The zero-order valence-corrected chi connectivity index (χ0v) is 17.7. The van der Waals surface area contributed by atoms with Crippen LogP contribution in [0, 0.1) is 11.6 Å². The van der Waals surface area contributed by atoms with E-state index in [0.29, 0.717) is 49.0 Å². The first-order chi connectivity index (χ1) is 16.0. The molecule has 0 bridgehead atoms. The molecule has 1 saturated heterocycles. The molecule has 170 valence electrons. The lowest BCUT2D eigenvalue weighted by Crippen LogP contribution is -2.40. The van der Waals surface area contributed by atoms with Gasteiger partial charge in [0.2, 0.25) is 5.95 Å². The highest BCUT2D eigenvalue weighted by Crippen LogP contribution is 2.21. The van der Waals surface area contributed by atoms with Gasteiger partial charge < -0.3 is 15.0 Å². The number of anilines is 2. The molecule has 0 saturated carbocycles. The zero-order chi connectivity index (χ0) is 22.9.